The number of hydrogen-bond donors (Lipinski definition) is 1. The predicted molar refractivity (Wildman–Crippen MR) is 120 cm³/mol. The number of aliphatic hydroxyl groups excluding tert-OH is 1. The normalized spacial score (nSPS) is 15.3. The van der Waals surface area contributed by atoms with Crippen molar-refractivity contribution in [1.29, 1.82) is 0 Å². The summed E-state index contributed by atoms with van der Waals surface area (Å²) in [6.45, 7) is 1.07. The Kier molecular flexibility index (Phi) is 6.49. The number of aliphatic hydroxyl groups is 1. The number of benzene rings is 3. The van der Waals surface area contributed by atoms with Crippen LogP contribution in [0.4, 0.5) is 14.5 Å². The van der Waals surface area contributed by atoms with Crippen LogP contribution in [0.2, 0.25) is 5.02 Å². The monoisotopic (exact) mass is 475 g/mol. The van der Waals surface area contributed by atoms with Crippen LogP contribution in [-0.4, -0.2) is 36.9 Å². The van der Waals surface area contributed by atoms with E-state index >= 15 is 0 Å². The Bertz CT molecular complexity index is 1230. The third kappa shape index (κ3) is 4.00. The molecule has 4 rings (SSSR count). The molecule has 0 spiro atoms. The largest absolute Gasteiger partial charge is 0.492 e. The molecule has 1 N–H and O–H groups in total. The van der Waals surface area contributed by atoms with E-state index in [0.29, 0.717) is 16.3 Å². The lowest BCUT2D eigenvalue weighted by atomic mass is 9.98. The molecule has 9 heteroatoms. The molecule has 0 fully saturated rings. The molecule has 1 atom stereocenters. The summed E-state index contributed by atoms with van der Waals surface area (Å²) in [5.74, 6) is -0.396. The zero-order chi connectivity index (χ0) is 23.7. The summed E-state index contributed by atoms with van der Waals surface area (Å²) >= 11 is 6.38. The molecule has 0 bridgehead atoms. The summed E-state index contributed by atoms with van der Waals surface area (Å²) in [6.07, 6.45) is -3.44. The number of fused-ring (bicyclic) bond motifs is 2. The van der Waals surface area contributed by atoms with E-state index in [-0.39, 0.29) is 46.4 Å². The number of rotatable bonds is 8. The third-order valence-corrected chi connectivity index (χ3v) is 5.63. The first-order valence-corrected chi connectivity index (χ1v) is 10.6. The Hall–Kier alpha value is -3.23. The highest BCUT2D eigenvalue weighted by molar-refractivity contribution is 6.34. The third-order valence-electron chi connectivity index (χ3n) is 5.33. The van der Waals surface area contributed by atoms with E-state index in [1.54, 1.807) is 37.3 Å². The molecule has 1 unspecified atom stereocenters. The van der Waals surface area contributed by atoms with Crippen LogP contribution in [0.15, 0.2) is 42.5 Å². The number of hydrogen-bond acceptors (Lipinski definition) is 5. The Labute approximate surface area is 193 Å². The molecule has 0 aliphatic carbocycles. The number of nitrogens with zero attached hydrogens (tertiary/aromatic N) is 1. The Balaban J connectivity index is 1.94. The molecule has 0 saturated carbocycles. The van der Waals surface area contributed by atoms with E-state index < -0.39 is 25.2 Å². The Morgan fingerprint density at radius 3 is 2.45 bits per heavy atom. The lowest BCUT2D eigenvalue weighted by molar-refractivity contribution is -0.107. The van der Waals surface area contributed by atoms with Crippen LogP contribution in [0.5, 0.6) is 11.5 Å². The zero-order valence-corrected chi connectivity index (χ0v) is 18.3. The van der Waals surface area contributed by atoms with Crippen LogP contribution in [0.25, 0.3) is 10.8 Å². The van der Waals surface area contributed by atoms with Crippen LogP contribution in [-0.2, 0) is 11.2 Å². The SMILES string of the molecule is CCOc1c2c(c(OCC(F)F)c3ccccc13)C(O)N(c1ccc(CC=O)cc1Cl)C2=O. The molecule has 33 heavy (non-hydrogen) atoms. The van der Waals surface area contributed by atoms with E-state index in [9.17, 15) is 23.5 Å². The number of halogens is 3. The van der Waals surface area contributed by atoms with Crippen LogP contribution in [0.1, 0.15) is 34.6 Å². The van der Waals surface area contributed by atoms with E-state index in [1.807, 2.05) is 0 Å². The van der Waals surface area contributed by atoms with Gasteiger partial charge in [-0.2, -0.15) is 0 Å². The van der Waals surface area contributed by atoms with Gasteiger partial charge in [-0.1, -0.05) is 41.9 Å². The molecule has 3 aromatic carbocycles. The second-order valence-electron chi connectivity index (χ2n) is 7.33. The lowest BCUT2D eigenvalue weighted by Gasteiger charge is -2.23. The topological polar surface area (TPSA) is 76.1 Å². The van der Waals surface area contributed by atoms with Gasteiger partial charge in [0, 0.05) is 17.2 Å². The molecule has 6 nitrogen and oxygen atoms in total. The minimum Gasteiger partial charge on any atom is -0.492 e. The van der Waals surface area contributed by atoms with Gasteiger partial charge in [-0.05, 0) is 24.6 Å². The lowest BCUT2D eigenvalue weighted by Crippen LogP contribution is -2.28. The smallest absolute Gasteiger partial charge is 0.272 e. The van der Waals surface area contributed by atoms with Gasteiger partial charge in [0.05, 0.1) is 28.4 Å². The zero-order valence-electron chi connectivity index (χ0n) is 17.6. The maximum atomic E-state index is 13.6. The van der Waals surface area contributed by atoms with Crippen LogP contribution >= 0.6 is 11.6 Å². The van der Waals surface area contributed by atoms with Crippen LogP contribution in [0.3, 0.4) is 0 Å². The van der Waals surface area contributed by atoms with Gasteiger partial charge in [0.1, 0.15) is 24.4 Å². The van der Waals surface area contributed by atoms with Crippen molar-refractivity contribution in [3.8, 4) is 11.5 Å². The fourth-order valence-electron chi connectivity index (χ4n) is 4.02. The quantitative estimate of drug-likeness (QED) is 0.468. The second-order valence-corrected chi connectivity index (χ2v) is 7.74. The highest BCUT2D eigenvalue weighted by atomic mass is 35.5. The summed E-state index contributed by atoms with van der Waals surface area (Å²) in [7, 11) is 0. The average Bonchev–Trinajstić information content (AvgIpc) is 3.04. The summed E-state index contributed by atoms with van der Waals surface area (Å²) in [4.78, 5) is 25.4. The summed E-state index contributed by atoms with van der Waals surface area (Å²) in [6, 6.07) is 11.4. The van der Waals surface area contributed by atoms with Crippen molar-refractivity contribution in [3.05, 3.63) is 64.2 Å². The predicted octanol–water partition coefficient (Wildman–Crippen LogP) is 4.93. The van der Waals surface area contributed by atoms with E-state index in [1.165, 1.54) is 12.1 Å². The van der Waals surface area contributed by atoms with Gasteiger partial charge in [0.15, 0.2) is 6.23 Å². The number of carbonyl (C=O) groups is 2. The Morgan fingerprint density at radius 2 is 1.85 bits per heavy atom. The standard InChI is InChI=1S/C24H20ClF2NO5/c1-2-32-21-14-5-3-4-6-15(14)22(33-12-18(26)27)20-19(21)23(30)28(24(20)31)17-8-7-13(9-10-29)11-16(17)25/h3-8,10-11,18,24,31H,2,9,12H2,1H3. The molecule has 1 amide bonds. The van der Waals surface area contributed by atoms with Gasteiger partial charge in [-0.15, -0.1) is 0 Å². The van der Waals surface area contributed by atoms with Gasteiger partial charge < -0.3 is 19.4 Å². The number of ether oxygens (including phenoxy) is 2. The van der Waals surface area contributed by atoms with Crippen molar-refractivity contribution in [1.82, 2.24) is 0 Å². The fourth-order valence-corrected chi connectivity index (χ4v) is 4.31. The van der Waals surface area contributed by atoms with Crippen molar-refractivity contribution in [2.45, 2.75) is 26.0 Å². The second kappa shape index (κ2) is 9.33. The number of carbonyl (C=O) groups excluding carboxylic acids is 2. The minimum absolute atomic E-state index is 0.0126. The van der Waals surface area contributed by atoms with Crippen LogP contribution in [0, 0.1) is 0 Å². The van der Waals surface area contributed by atoms with E-state index in [0.717, 1.165) is 11.2 Å². The average molecular weight is 476 g/mol. The first-order valence-electron chi connectivity index (χ1n) is 10.2. The van der Waals surface area contributed by atoms with E-state index in [4.69, 9.17) is 21.1 Å². The molecule has 0 radical (unpaired) electrons. The van der Waals surface area contributed by atoms with Gasteiger partial charge in [0.25, 0.3) is 12.3 Å². The molecule has 0 aromatic heterocycles. The molecule has 1 aliphatic heterocycles. The highest BCUT2D eigenvalue weighted by Crippen LogP contribution is 2.50. The van der Waals surface area contributed by atoms with Crippen molar-refractivity contribution >= 4 is 40.3 Å². The number of amides is 1. The molecule has 0 saturated heterocycles. The molecule has 3 aromatic rings. The van der Waals surface area contributed by atoms with Gasteiger partial charge in [0.2, 0.25) is 0 Å². The van der Waals surface area contributed by atoms with Crippen molar-refractivity contribution < 1.29 is 33.0 Å². The maximum Gasteiger partial charge on any atom is 0.272 e. The number of anilines is 1. The molecular weight excluding hydrogens is 456 g/mol. The van der Waals surface area contributed by atoms with Crippen LogP contribution < -0.4 is 14.4 Å². The summed E-state index contributed by atoms with van der Waals surface area (Å²) in [5.41, 5.74) is 0.904. The van der Waals surface area contributed by atoms with Crippen molar-refractivity contribution in [3.63, 3.8) is 0 Å². The number of aldehydes is 1. The maximum absolute atomic E-state index is 13.6. The summed E-state index contributed by atoms with van der Waals surface area (Å²) < 4.78 is 37.2. The number of alkyl halides is 2. The van der Waals surface area contributed by atoms with Gasteiger partial charge >= 0.3 is 0 Å². The Morgan fingerprint density at radius 1 is 1.15 bits per heavy atom. The molecular formula is C24H20ClF2NO5. The molecule has 172 valence electrons. The first-order chi connectivity index (χ1) is 15.9. The molecule has 1 aliphatic rings. The van der Waals surface area contributed by atoms with Gasteiger partial charge in [-0.25, -0.2) is 8.78 Å². The fraction of sp³-hybridized carbons (Fsp3) is 0.250. The van der Waals surface area contributed by atoms with E-state index in [2.05, 4.69) is 0 Å². The van der Waals surface area contributed by atoms with Crippen molar-refractivity contribution in [2.24, 2.45) is 0 Å². The highest BCUT2D eigenvalue weighted by Gasteiger charge is 2.44. The minimum atomic E-state index is -2.75. The van der Waals surface area contributed by atoms with Gasteiger partial charge in [-0.3, -0.25) is 9.69 Å². The first kappa shape index (κ1) is 22.9. The molecule has 1 heterocycles. The summed E-state index contributed by atoms with van der Waals surface area (Å²) in [5, 5.41) is 12.3. The van der Waals surface area contributed by atoms with Crippen molar-refractivity contribution in [2.75, 3.05) is 18.1 Å².